The minimum Gasteiger partial charge on any atom is -0.305 e. The highest BCUT2D eigenvalue weighted by molar-refractivity contribution is 6.34. The van der Waals surface area contributed by atoms with E-state index in [9.17, 15) is 4.79 Å². The number of aromatic nitrogens is 2. The Labute approximate surface area is 86.3 Å². The Kier molecular flexibility index (Phi) is 2.11. The van der Waals surface area contributed by atoms with Gasteiger partial charge in [0.15, 0.2) is 0 Å². The predicted molar refractivity (Wildman–Crippen MR) is 58.0 cm³/mol. The van der Waals surface area contributed by atoms with Gasteiger partial charge in [0.25, 0.3) is 0 Å². The van der Waals surface area contributed by atoms with Crippen LogP contribution in [0.4, 0.5) is 0 Å². The molecule has 14 heavy (non-hydrogen) atoms. The van der Waals surface area contributed by atoms with E-state index < -0.39 is 0 Å². The third-order valence-corrected chi connectivity index (χ3v) is 2.51. The van der Waals surface area contributed by atoms with Crippen molar-refractivity contribution in [2.45, 2.75) is 19.9 Å². The maximum atomic E-state index is 11.6. The Morgan fingerprint density at radius 1 is 1.43 bits per heavy atom. The quantitative estimate of drug-likeness (QED) is 0.772. The first-order chi connectivity index (χ1) is 6.61. The number of nitrogens with one attached hydrogen (secondary N) is 1. The molecule has 1 aromatic carbocycles. The number of halogens is 1. The summed E-state index contributed by atoms with van der Waals surface area (Å²) in [5, 5.41) is 0.606. The van der Waals surface area contributed by atoms with E-state index in [0.717, 1.165) is 11.0 Å². The van der Waals surface area contributed by atoms with Gasteiger partial charge in [0.05, 0.1) is 16.1 Å². The van der Waals surface area contributed by atoms with Gasteiger partial charge in [-0.3, -0.25) is 4.57 Å². The van der Waals surface area contributed by atoms with Crippen LogP contribution in [-0.2, 0) is 0 Å². The molecule has 0 saturated heterocycles. The van der Waals surface area contributed by atoms with Gasteiger partial charge in [0.1, 0.15) is 0 Å². The van der Waals surface area contributed by atoms with Gasteiger partial charge in [-0.15, -0.1) is 0 Å². The zero-order chi connectivity index (χ0) is 10.3. The van der Waals surface area contributed by atoms with Gasteiger partial charge in [-0.25, -0.2) is 4.79 Å². The molecule has 0 aliphatic rings. The smallest absolute Gasteiger partial charge is 0.305 e. The van der Waals surface area contributed by atoms with Crippen LogP contribution >= 0.6 is 11.6 Å². The molecule has 74 valence electrons. The Balaban J connectivity index is 2.94. The largest absolute Gasteiger partial charge is 0.326 e. The molecule has 2 rings (SSSR count). The van der Waals surface area contributed by atoms with Crippen LogP contribution in [0.5, 0.6) is 0 Å². The third kappa shape index (κ3) is 1.24. The van der Waals surface area contributed by atoms with Crippen molar-refractivity contribution in [1.82, 2.24) is 9.55 Å². The van der Waals surface area contributed by atoms with E-state index in [1.165, 1.54) is 0 Å². The molecule has 2 aromatic rings. The number of hydrogen-bond donors (Lipinski definition) is 1. The summed E-state index contributed by atoms with van der Waals surface area (Å²) in [5.41, 5.74) is 1.47. The molecule has 4 heteroatoms. The van der Waals surface area contributed by atoms with Crippen LogP contribution in [0.3, 0.4) is 0 Å². The molecule has 3 nitrogen and oxygen atoms in total. The SMILES string of the molecule is CC(C)n1c(=O)[nH]c2cccc(Cl)c21. The third-order valence-electron chi connectivity index (χ3n) is 2.20. The zero-order valence-corrected chi connectivity index (χ0v) is 8.80. The Hall–Kier alpha value is -1.22. The lowest BCUT2D eigenvalue weighted by Crippen LogP contribution is -2.18. The topological polar surface area (TPSA) is 37.8 Å². The van der Waals surface area contributed by atoms with Crippen LogP contribution in [0, 0.1) is 0 Å². The van der Waals surface area contributed by atoms with Gasteiger partial charge >= 0.3 is 5.69 Å². The van der Waals surface area contributed by atoms with E-state index in [4.69, 9.17) is 11.6 Å². The molecule has 0 spiro atoms. The molecule has 0 bridgehead atoms. The summed E-state index contributed by atoms with van der Waals surface area (Å²) in [6.07, 6.45) is 0. The fourth-order valence-electron chi connectivity index (χ4n) is 1.63. The second kappa shape index (κ2) is 3.17. The molecule has 1 aromatic heterocycles. The molecule has 0 amide bonds. The molecule has 0 fully saturated rings. The van der Waals surface area contributed by atoms with Gasteiger partial charge < -0.3 is 4.98 Å². The Morgan fingerprint density at radius 3 is 2.79 bits per heavy atom. The highest BCUT2D eigenvalue weighted by Gasteiger charge is 2.11. The van der Waals surface area contributed by atoms with Crippen molar-refractivity contribution in [2.24, 2.45) is 0 Å². The molecule has 0 atom stereocenters. The molecule has 0 saturated carbocycles. The molecule has 0 unspecified atom stereocenters. The van der Waals surface area contributed by atoms with E-state index >= 15 is 0 Å². The van der Waals surface area contributed by atoms with Gasteiger partial charge in [-0.2, -0.15) is 0 Å². The lowest BCUT2D eigenvalue weighted by atomic mass is 10.3. The zero-order valence-electron chi connectivity index (χ0n) is 8.04. The first-order valence-electron chi connectivity index (χ1n) is 4.50. The van der Waals surface area contributed by atoms with E-state index in [1.54, 1.807) is 10.6 Å². The number of nitrogens with zero attached hydrogens (tertiary/aromatic N) is 1. The van der Waals surface area contributed by atoms with E-state index in [0.29, 0.717) is 5.02 Å². The minimum atomic E-state index is -0.108. The summed E-state index contributed by atoms with van der Waals surface area (Å²) in [4.78, 5) is 14.4. The molecule has 0 aliphatic heterocycles. The summed E-state index contributed by atoms with van der Waals surface area (Å²) >= 11 is 6.04. The van der Waals surface area contributed by atoms with Crippen LogP contribution in [0.1, 0.15) is 19.9 Å². The van der Waals surface area contributed by atoms with E-state index in [1.807, 2.05) is 26.0 Å². The van der Waals surface area contributed by atoms with E-state index in [2.05, 4.69) is 4.98 Å². The standard InChI is InChI=1S/C10H11ClN2O/c1-6(2)13-9-7(11)4-3-5-8(9)12-10(13)14/h3-6H,1-2H3,(H,12,14). The number of benzene rings is 1. The lowest BCUT2D eigenvalue weighted by molar-refractivity contribution is 0.598. The first kappa shape index (κ1) is 9.34. The molecule has 0 aliphatic carbocycles. The summed E-state index contributed by atoms with van der Waals surface area (Å²) < 4.78 is 1.66. The molecule has 0 radical (unpaired) electrons. The van der Waals surface area contributed by atoms with Gasteiger partial charge in [0.2, 0.25) is 0 Å². The Morgan fingerprint density at radius 2 is 2.14 bits per heavy atom. The number of rotatable bonds is 1. The van der Waals surface area contributed by atoms with Crippen molar-refractivity contribution < 1.29 is 0 Å². The van der Waals surface area contributed by atoms with Crippen LogP contribution in [0.2, 0.25) is 5.02 Å². The number of imidazole rings is 1. The molecular formula is C10H11ClN2O. The van der Waals surface area contributed by atoms with Crippen molar-refractivity contribution in [3.8, 4) is 0 Å². The number of aromatic amines is 1. The van der Waals surface area contributed by atoms with Crippen LogP contribution in [0.25, 0.3) is 11.0 Å². The van der Waals surface area contributed by atoms with Crippen LogP contribution in [-0.4, -0.2) is 9.55 Å². The van der Waals surface area contributed by atoms with Gasteiger partial charge in [0, 0.05) is 6.04 Å². The summed E-state index contributed by atoms with van der Waals surface area (Å²) in [5.74, 6) is 0. The second-order valence-electron chi connectivity index (χ2n) is 3.53. The summed E-state index contributed by atoms with van der Waals surface area (Å²) in [6, 6.07) is 5.57. The van der Waals surface area contributed by atoms with Crippen molar-refractivity contribution in [3.05, 3.63) is 33.7 Å². The number of para-hydroxylation sites is 1. The first-order valence-corrected chi connectivity index (χ1v) is 4.88. The van der Waals surface area contributed by atoms with Gasteiger partial charge in [-0.1, -0.05) is 17.7 Å². The van der Waals surface area contributed by atoms with Crippen molar-refractivity contribution in [2.75, 3.05) is 0 Å². The number of hydrogen-bond acceptors (Lipinski definition) is 1. The van der Waals surface area contributed by atoms with Crippen molar-refractivity contribution in [3.63, 3.8) is 0 Å². The molecule has 1 heterocycles. The van der Waals surface area contributed by atoms with Crippen molar-refractivity contribution >= 4 is 22.6 Å². The van der Waals surface area contributed by atoms with Crippen LogP contribution < -0.4 is 5.69 Å². The fraction of sp³-hybridized carbons (Fsp3) is 0.300. The lowest BCUT2D eigenvalue weighted by Gasteiger charge is -2.07. The summed E-state index contributed by atoms with van der Waals surface area (Å²) in [6.45, 7) is 3.91. The minimum absolute atomic E-state index is 0.108. The highest BCUT2D eigenvalue weighted by atomic mass is 35.5. The monoisotopic (exact) mass is 210 g/mol. The van der Waals surface area contributed by atoms with Crippen LogP contribution in [0.15, 0.2) is 23.0 Å². The second-order valence-corrected chi connectivity index (χ2v) is 3.94. The van der Waals surface area contributed by atoms with Gasteiger partial charge in [-0.05, 0) is 26.0 Å². The Bertz CT molecular complexity index is 524. The average molecular weight is 211 g/mol. The number of fused-ring (bicyclic) bond motifs is 1. The van der Waals surface area contributed by atoms with Crippen molar-refractivity contribution in [1.29, 1.82) is 0 Å². The molecular weight excluding hydrogens is 200 g/mol. The van der Waals surface area contributed by atoms with E-state index in [-0.39, 0.29) is 11.7 Å². The normalized spacial score (nSPS) is 11.4. The fourth-order valence-corrected chi connectivity index (χ4v) is 1.90. The predicted octanol–water partition coefficient (Wildman–Crippen LogP) is 2.56. The average Bonchev–Trinajstić information content (AvgIpc) is 2.42. The highest BCUT2D eigenvalue weighted by Crippen LogP contribution is 2.22. The summed E-state index contributed by atoms with van der Waals surface area (Å²) in [7, 11) is 0. The number of H-pyrrole nitrogens is 1. The maximum absolute atomic E-state index is 11.6. The molecule has 1 N–H and O–H groups in total. The maximum Gasteiger partial charge on any atom is 0.326 e.